The Morgan fingerprint density at radius 2 is 1.86 bits per heavy atom. The Hall–Kier alpha value is -1.17. The lowest BCUT2D eigenvalue weighted by Gasteiger charge is -2.35. The Bertz CT molecular complexity index is 440. The molecule has 0 amide bonds. The van der Waals surface area contributed by atoms with Gasteiger partial charge in [0.05, 0.1) is 27.3 Å². The maximum absolute atomic E-state index is 12.9. The number of carbonyl (C=O) groups is 2. The molecule has 0 saturated carbocycles. The normalized spacial score (nSPS) is 16.4. The summed E-state index contributed by atoms with van der Waals surface area (Å²) in [4.78, 5) is 21.8. The summed E-state index contributed by atoms with van der Waals surface area (Å²) >= 11 is 0. The van der Waals surface area contributed by atoms with Crippen molar-refractivity contribution in [2.75, 3.05) is 40.1 Å². The molecule has 0 rings (SSSR count). The highest BCUT2D eigenvalue weighted by atomic mass is 31.2. The van der Waals surface area contributed by atoms with E-state index in [0.717, 1.165) is 6.08 Å². The topological polar surface area (TPSA) is 101 Å². The highest BCUT2D eigenvalue weighted by Crippen LogP contribution is 2.53. The van der Waals surface area contributed by atoms with Crippen molar-refractivity contribution in [1.82, 2.24) is 0 Å². The molecular formula is C13H25NO6P+. The number of carboxylic acid groups (broad SMARTS) is 1. The summed E-state index contributed by atoms with van der Waals surface area (Å²) in [5.41, 5.74) is 0. The lowest BCUT2D eigenvalue weighted by molar-refractivity contribution is -0.746. The van der Waals surface area contributed by atoms with Crippen molar-refractivity contribution < 1.29 is 33.4 Å². The van der Waals surface area contributed by atoms with Gasteiger partial charge in [0, 0.05) is 31.3 Å². The van der Waals surface area contributed by atoms with Crippen LogP contribution in [0, 0.1) is 0 Å². The summed E-state index contributed by atoms with van der Waals surface area (Å²) in [7, 11) is 2.78. The van der Waals surface area contributed by atoms with Gasteiger partial charge in [0.1, 0.15) is 6.10 Å². The standard InChI is InChI=1S/C13H24NO6P/c1-5-21(19,14(2,3)4)10-11(8-9-15)20-13(18)7-6-12(16)17/h6-7,11,15H,5,8-10H2,1-4H3/p+1/b7-6+. The molecule has 0 aliphatic rings. The Morgan fingerprint density at radius 3 is 2.24 bits per heavy atom. The van der Waals surface area contributed by atoms with Crippen molar-refractivity contribution in [2.24, 2.45) is 0 Å². The first-order valence-electron chi connectivity index (χ1n) is 6.68. The van der Waals surface area contributed by atoms with E-state index < -0.39 is 25.3 Å². The van der Waals surface area contributed by atoms with E-state index >= 15 is 0 Å². The zero-order valence-corrected chi connectivity index (χ0v) is 13.9. The first-order valence-corrected chi connectivity index (χ1v) is 8.71. The van der Waals surface area contributed by atoms with Gasteiger partial charge in [0.25, 0.3) is 7.29 Å². The van der Waals surface area contributed by atoms with Crippen LogP contribution in [0.25, 0.3) is 0 Å². The van der Waals surface area contributed by atoms with E-state index in [1.165, 1.54) is 0 Å². The Labute approximate surface area is 125 Å². The number of esters is 1. The third-order valence-corrected chi connectivity index (χ3v) is 7.33. The van der Waals surface area contributed by atoms with E-state index in [2.05, 4.69) is 0 Å². The predicted octanol–water partition coefficient (Wildman–Crippen LogP) is 0.926. The van der Waals surface area contributed by atoms with Crippen LogP contribution in [-0.2, 0) is 18.9 Å². The minimum atomic E-state index is -2.66. The Kier molecular flexibility index (Phi) is 7.85. The van der Waals surface area contributed by atoms with Crippen molar-refractivity contribution in [3.8, 4) is 0 Å². The van der Waals surface area contributed by atoms with Gasteiger partial charge >= 0.3 is 11.9 Å². The first-order chi connectivity index (χ1) is 9.55. The number of aliphatic carboxylic acids is 1. The summed E-state index contributed by atoms with van der Waals surface area (Å²) in [5.74, 6) is -2.07. The predicted molar refractivity (Wildman–Crippen MR) is 79.4 cm³/mol. The zero-order chi connectivity index (χ0) is 16.7. The average molecular weight is 322 g/mol. The van der Waals surface area contributed by atoms with E-state index in [1.54, 1.807) is 0 Å². The molecule has 21 heavy (non-hydrogen) atoms. The SMILES string of the molecule is CCP(=O)(CC(CCO)OC(=O)/C=C/C(=O)O)[N+](C)(C)C. The molecule has 0 bridgehead atoms. The molecule has 122 valence electrons. The third kappa shape index (κ3) is 6.89. The second-order valence-electron chi connectivity index (χ2n) is 5.53. The number of ether oxygens (including phenoxy) is 1. The summed E-state index contributed by atoms with van der Waals surface area (Å²) in [6, 6.07) is 0. The monoisotopic (exact) mass is 322 g/mol. The third-order valence-electron chi connectivity index (χ3n) is 3.17. The maximum Gasteiger partial charge on any atom is 0.331 e. The zero-order valence-electron chi connectivity index (χ0n) is 13.0. The van der Waals surface area contributed by atoms with Crippen LogP contribution < -0.4 is 0 Å². The second kappa shape index (κ2) is 8.32. The molecule has 7 nitrogen and oxygen atoms in total. The van der Waals surface area contributed by atoms with Crippen LogP contribution in [0.2, 0.25) is 0 Å². The summed E-state index contributed by atoms with van der Waals surface area (Å²) in [6.45, 7) is 1.61. The number of aliphatic hydroxyl groups is 1. The van der Waals surface area contributed by atoms with Crippen molar-refractivity contribution in [3.05, 3.63) is 12.2 Å². The molecule has 8 heteroatoms. The van der Waals surface area contributed by atoms with Crippen LogP contribution in [0.1, 0.15) is 13.3 Å². The van der Waals surface area contributed by atoms with Gasteiger partial charge in [-0.05, 0) is 0 Å². The number of nitrogens with zero attached hydrogens (tertiary/aromatic N) is 1. The largest absolute Gasteiger partial charge is 0.478 e. The molecular weight excluding hydrogens is 297 g/mol. The van der Waals surface area contributed by atoms with E-state index in [-0.39, 0.29) is 23.4 Å². The average Bonchev–Trinajstić information content (AvgIpc) is 2.35. The summed E-state index contributed by atoms with van der Waals surface area (Å²) < 4.78 is 18.3. The van der Waals surface area contributed by atoms with Crippen molar-refractivity contribution in [2.45, 2.75) is 19.4 Å². The van der Waals surface area contributed by atoms with Crippen LogP contribution in [0.4, 0.5) is 0 Å². The van der Waals surface area contributed by atoms with Gasteiger partial charge in [0.2, 0.25) is 0 Å². The molecule has 2 N–H and O–H groups in total. The lowest BCUT2D eigenvalue weighted by atomic mass is 10.3. The van der Waals surface area contributed by atoms with E-state index in [0.29, 0.717) is 12.2 Å². The van der Waals surface area contributed by atoms with Crippen LogP contribution in [0.15, 0.2) is 12.2 Å². The van der Waals surface area contributed by atoms with E-state index in [4.69, 9.17) is 14.9 Å². The van der Waals surface area contributed by atoms with Crippen molar-refractivity contribution in [1.29, 1.82) is 0 Å². The molecule has 0 fully saturated rings. The number of rotatable bonds is 9. The highest BCUT2D eigenvalue weighted by molar-refractivity contribution is 7.58. The van der Waals surface area contributed by atoms with Gasteiger partial charge in [0.15, 0.2) is 0 Å². The van der Waals surface area contributed by atoms with Crippen LogP contribution >= 0.6 is 7.29 Å². The molecule has 0 aliphatic carbocycles. The van der Waals surface area contributed by atoms with Gasteiger partial charge in [-0.3, -0.25) is 8.82 Å². The van der Waals surface area contributed by atoms with Gasteiger partial charge in [-0.2, -0.15) is 0 Å². The molecule has 0 spiro atoms. The minimum Gasteiger partial charge on any atom is -0.478 e. The molecule has 0 aromatic heterocycles. The van der Waals surface area contributed by atoms with Gasteiger partial charge in [-0.15, -0.1) is 0 Å². The number of carbonyl (C=O) groups excluding carboxylic acids is 1. The number of aliphatic hydroxyl groups excluding tert-OH is 1. The Balaban J connectivity index is 4.95. The minimum absolute atomic E-state index is 0.153. The smallest absolute Gasteiger partial charge is 0.331 e. The molecule has 0 heterocycles. The fourth-order valence-corrected chi connectivity index (χ4v) is 4.28. The number of carboxylic acids is 1. The van der Waals surface area contributed by atoms with Crippen LogP contribution in [0.5, 0.6) is 0 Å². The molecule has 0 saturated heterocycles. The van der Waals surface area contributed by atoms with E-state index in [9.17, 15) is 14.2 Å². The second-order valence-corrected chi connectivity index (χ2v) is 9.42. The van der Waals surface area contributed by atoms with Crippen molar-refractivity contribution >= 4 is 19.2 Å². The maximum atomic E-state index is 12.9. The number of quaternary nitrogens is 1. The summed E-state index contributed by atoms with van der Waals surface area (Å²) in [6.07, 6.45) is 1.54. The van der Waals surface area contributed by atoms with E-state index in [1.807, 2.05) is 28.1 Å². The van der Waals surface area contributed by atoms with Crippen LogP contribution in [0.3, 0.4) is 0 Å². The fourth-order valence-electron chi connectivity index (χ4n) is 1.79. The first kappa shape index (κ1) is 19.8. The Morgan fingerprint density at radius 1 is 1.29 bits per heavy atom. The molecule has 0 radical (unpaired) electrons. The fraction of sp³-hybridized carbons (Fsp3) is 0.692. The quantitative estimate of drug-likeness (QED) is 0.372. The molecule has 0 aromatic carbocycles. The number of hydrogen-bond donors (Lipinski definition) is 2. The number of hydrogen-bond acceptors (Lipinski definition) is 5. The van der Waals surface area contributed by atoms with Crippen LogP contribution in [-0.4, -0.2) is 72.6 Å². The van der Waals surface area contributed by atoms with Gasteiger partial charge in [-0.25, -0.2) is 9.59 Å². The van der Waals surface area contributed by atoms with Crippen molar-refractivity contribution in [3.63, 3.8) is 0 Å². The molecule has 0 aliphatic heterocycles. The molecule has 2 unspecified atom stereocenters. The molecule has 2 atom stereocenters. The highest BCUT2D eigenvalue weighted by Gasteiger charge is 2.38. The summed E-state index contributed by atoms with van der Waals surface area (Å²) in [5, 5.41) is 17.5. The van der Waals surface area contributed by atoms with Gasteiger partial charge < -0.3 is 14.9 Å². The molecule has 0 aromatic rings. The lowest BCUT2D eigenvalue weighted by Crippen LogP contribution is -2.36. The van der Waals surface area contributed by atoms with Gasteiger partial charge in [-0.1, -0.05) is 6.92 Å².